The summed E-state index contributed by atoms with van der Waals surface area (Å²) in [6.45, 7) is 1.20. The van der Waals surface area contributed by atoms with E-state index in [-0.39, 0.29) is 0 Å². The molecule has 1 nitrogen and oxygen atoms in total. The SMILES string of the molecule is CSCCNC1CCCCC1. The standard InChI is InChI=1S/C9H19NS/c1-11-8-7-10-9-5-3-2-4-6-9/h9-10H,2-8H2,1H3. The fraction of sp³-hybridized carbons (Fsp3) is 1.00. The first-order chi connectivity index (χ1) is 5.43. The van der Waals surface area contributed by atoms with E-state index in [0.717, 1.165) is 6.04 Å². The van der Waals surface area contributed by atoms with E-state index in [1.807, 2.05) is 11.8 Å². The van der Waals surface area contributed by atoms with E-state index in [0.29, 0.717) is 0 Å². The smallest absolute Gasteiger partial charge is 0.00673 e. The highest BCUT2D eigenvalue weighted by molar-refractivity contribution is 7.98. The van der Waals surface area contributed by atoms with Gasteiger partial charge in [0, 0.05) is 18.3 Å². The van der Waals surface area contributed by atoms with Crippen LogP contribution in [0.15, 0.2) is 0 Å². The number of rotatable bonds is 4. The average Bonchev–Trinajstić information content (AvgIpc) is 2.07. The van der Waals surface area contributed by atoms with E-state index >= 15 is 0 Å². The Bertz CT molecular complexity index is 89.6. The average molecular weight is 173 g/mol. The van der Waals surface area contributed by atoms with Gasteiger partial charge in [0.05, 0.1) is 0 Å². The fourth-order valence-electron chi connectivity index (χ4n) is 1.67. The van der Waals surface area contributed by atoms with E-state index in [1.165, 1.54) is 44.4 Å². The third kappa shape index (κ3) is 4.02. The molecule has 0 radical (unpaired) electrons. The summed E-state index contributed by atoms with van der Waals surface area (Å²) in [6, 6.07) is 0.843. The topological polar surface area (TPSA) is 12.0 Å². The van der Waals surface area contributed by atoms with Crippen LogP contribution in [0.5, 0.6) is 0 Å². The maximum Gasteiger partial charge on any atom is 0.00673 e. The Morgan fingerprint density at radius 2 is 2.00 bits per heavy atom. The molecule has 0 bridgehead atoms. The second-order valence-corrected chi connectivity index (χ2v) is 4.27. The van der Waals surface area contributed by atoms with E-state index in [2.05, 4.69) is 11.6 Å². The first-order valence-corrected chi connectivity index (χ1v) is 6.05. The molecule has 0 spiro atoms. The Labute approximate surface area is 74.3 Å². The molecule has 66 valence electrons. The molecule has 0 aromatic carbocycles. The summed E-state index contributed by atoms with van der Waals surface area (Å²) in [6.07, 6.45) is 9.33. The van der Waals surface area contributed by atoms with Gasteiger partial charge in [-0.3, -0.25) is 0 Å². The van der Waals surface area contributed by atoms with Crippen molar-refractivity contribution < 1.29 is 0 Å². The molecule has 1 aliphatic rings. The quantitative estimate of drug-likeness (QED) is 0.655. The molecular formula is C9H19NS. The van der Waals surface area contributed by atoms with Crippen molar-refractivity contribution in [3.63, 3.8) is 0 Å². The highest BCUT2D eigenvalue weighted by atomic mass is 32.2. The molecule has 1 N–H and O–H groups in total. The monoisotopic (exact) mass is 173 g/mol. The normalized spacial score (nSPS) is 20.5. The number of hydrogen-bond acceptors (Lipinski definition) is 2. The van der Waals surface area contributed by atoms with Crippen LogP contribution in [0.1, 0.15) is 32.1 Å². The van der Waals surface area contributed by atoms with Crippen LogP contribution < -0.4 is 5.32 Å². The van der Waals surface area contributed by atoms with Crippen molar-refractivity contribution in [1.82, 2.24) is 5.32 Å². The molecule has 0 atom stereocenters. The van der Waals surface area contributed by atoms with Gasteiger partial charge in [-0.15, -0.1) is 0 Å². The van der Waals surface area contributed by atoms with E-state index in [9.17, 15) is 0 Å². The van der Waals surface area contributed by atoms with Gasteiger partial charge in [-0.1, -0.05) is 19.3 Å². The molecular weight excluding hydrogens is 154 g/mol. The lowest BCUT2D eigenvalue weighted by Crippen LogP contribution is -2.32. The van der Waals surface area contributed by atoms with Crippen molar-refractivity contribution in [2.45, 2.75) is 38.1 Å². The summed E-state index contributed by atoms with van der Waals surface area (Å²) in [7, 11) is 0. The molecule has 0 aromatic heterocycles. The molecule has 0 aromatic rings. The van der Waals surface area contributed by atoms with E-state index < -0.39 is 0 Å². The lowest BCUT2D eigenvalue weighted by atomic mass is 9.96. The Hall–Kier alpha value is 0.310. The summed E-state index contributed by atoms with van der Waals surface area (Å²) in [5.74, 6) is 1.26. The van der Waals surface area contributed by atoms with Crippen molar-refractivity contribution in [2.24, 2.45) is 0 Å². The number of nitrogens with one attached hydrogen (secondary N) is 1. The summed E-state index contributed by atoms with van der Waals surface area (Å²) in [5.41, 5.74) is 0. The van der Waals surface area contributed by atoms with E-state index in [4.69, 9.17) is 0 Å². The molecule has 1 saturated carbocycles. The van der Waals surface area contributed by atoms with Gasteiger partial charge in [0.2, 0.25) is 0 Å². The van der Waals surface area contributed by atoms with Gasteiger partial charge in [0.1, 0.15) is 0 Å². The third-order valence-corrected chi connectivity index (χ3v) is 2.96. The van der Waals surface area contributed by atoms with Crippen LogP contribution >= 0.6 is 11.8 Å². The predicted octanol–water partition coefficient (Wildman–Crippen LogP) is 2.27. The molecule has 11 heavy (non-hydrogen) atoms. The molecule has 0 aliphatic heterocycles. The highest BCUT2D eigenvalue weighted by Gasteiger charge is 2.11. The maximum atomic E-state index is 3.60. The van der Waals surface area contributed by atoms with Gasteiger partial charge < -0.3 is 5.32 Å². The summed E-state index contributed by atoms with van der Waals surface area (Å²) < 4.78 is 0. The van der Waals surface area contributed by atoms with Crippen LogP contribution in [-0.2, 0) is 0 Å². The van der Waals surface area contributed by atoms with Crippen molar-refractivity contribution in [3.05, 3.63) is 0 Å². The van der Waals surface area contributed by atoms with Crippen molar-refractivity contribution >= 4 is 11.8 Å². The molecule has 0 amide bonds. The Balaban J connectivity index is 1.96. The molecule has 1 aliphatic carbocycles. The van der Waals surface area contributed by atoms with Crippen molar-refractivity contribution in [3.8, 4) is 0 Å². The third-order valence-electron chi connectivity index (χ3n) is 2.34. The summed E-state index contributed by atoms with van der Waals surface area (Å²) in [4.78, 5) is 0. The first-order valence-electron chi connectivity index (χ1n) is 4.66. The lowest BCUT2D eigenvalue weighted by Gasteiger charge is -2.22. The van der Waals surface area contributed by atoms with Gasteiger partial charge in [0.15, 0.2) is 0 Å². The Kier molecular flexibility index (Phi) is 5.04. The second-order valence-electron chi connectivity index (χ2n) is 3.28. The zero-order valence-corrected chi connectivity index (χ0v) is 8.25. The molecule has 0 heterocycles. The molecule has 0 saturated heterocycles. The molecule has 1 fully saturated rings. The molecule has 2 heteroatoms. The van der Waals surface area contributed by atoms with Crippen molar-refractivity contribution in [1.29, 1.82) is 0 Å². The Morgan fingerprint density at radius 3 is 2.64 bits per heavy atom. The zero-order chi connectivity index (χ0) is 7.94. The second kappa shape index (κ2) is 5.90. The van der Waals surface area contributed by atoms with Gasteiger partial charge in [0.25, 0.3) is 0 Å². The molecule has 0 unspecified atom stereocenters. The molecule has 1 rings (SSSR count). The van der Waals surface area contributed by atoms with Crippen LogP contribution in [0, 0.1) is 0 Å². The van der Waals surface area contributed by atoms with Gasteiger partial charge in [-0.2, -0.15) is 11.8 Å². The van der Waals surface area contributed by atoms with Gasteiger partial charge in [-0.05, 0) is 19.1 Å². The van der Waals surface area contributed by atoms with Crippen LogP contribution in [0.4, 0.5) is 0 Å². The van der Waals surface area contributed by atoms with Crippen molar-refractivity contribution in [2.75, 3.05) is 18.6 Å². The maximum absolute atomic E-state index is 3.60. The number of thioether (sulfide) groups is 1. The fourth-order valence-corrected chi connectivity index (χ4v) is 1.99. The first kappa shape index (κ1) is 9.40. The zero-order valence-electron chi connectivity index (χ0n) is 7.44. The van der Waals surface area contributed by atoms with Crippen LogP contribution in [0.3, 0.4) is 0 Å². The van der Waals surface area contributed by atoms with Gasteiger partial charge in [-0.25, -0.2) is 0 Å². The van der Waals surface area contributed by atoms with Crippen LogP contribution in [-0.4, -0.2) is 24.6 Å². The minimum absolute atomic E-state index is 0.843. The lowest BCUT2D eigenvalue weighted by molar-refractivity contribution is 0.381. The Morgan fingerprint density at radius 1 is 1.27 bits per heavy atom. The minimum atomic E-state index is 0.843. The van der Waals surface area contributed by atoms with E-state index in [1.54, 1.807) is 0 Å². The highest BCUT2D eigenvalue weighted by Crippen LogP contribution is 2.17. The number of hydrogen-bond donors (Lipinski definition) is 1. The summed E-state index contributed by atoms with van der Waals surface area (Å²) in [5, 5.41) is 3.60. The summed E-state index contributed by atoms with van der Waals surface area (Å²) >= 11 is 1.93. The predicted molar refractivity (Wildman–Crippen MR) is 53.3 cm³/mol. The van der Waals surface area contributed by atoms with Crippen LogP contribution in [0.25, 0.3) is 0 Å². The largest absolute Gasteiger partial charge is 0.313 e. The van der Waals surface area contributed by atoms with Gasteiger partial charge >= 0.3 is 0 Å². The van der Waals surface area contributed by atoms with Crippen LogP contribution in [0.2, 0.25) is 0 Å². The minimum Gasteiger partial charge on any atom is -0.313 e.